The average Bonchev–Trinajstić information content (AvgIpc) is 2.59. The second-order valence-corrected chi connectivity index (χ2v) is 5.42. The van der Waals surface area contributed by atoms with Crippen molar-refractivity contribution in [3.8, 4) is 0 Å². The second kappa shape index (κ2) is 7.45. The quantitative estimate of drug-likeness (QED) is 0.656. The van der Waals surface area contributed by atoms with Crippen molar-refractivity contribution in [2.24, 2.45) is 0 Å². The Hall–Kier alpha value is -2.82. The first kappa shape index (κ1) is 16.5. The standard InChI is InChI=1S/C18H20N2O3/c1-12(2)13-4-6-14(7-5-13)17(21)20-19-16-10-8-15(9-11-16)18(22)23-3/h4-12,19H,1-3H3,(H,20,21). The molecule has 0 aliphatic rings. The molecule has 0 unspecified atom stereocenters. The Labute approximate surface area is 135 Å². The maximum Gasteiger partial charge on any atom is 0.337 e. The van der Waals surface area contributed by atoms with Gasteiger partial charge in [0, 0.05) is 5.56 Å². The number of methoxy groups -OCH3 is 1. The number of hydrazine groups is 1. The average molecular weight is 312 g/mol. The Balaban J connectivity index is 1.94. The zero-order chi connectivity index (χ0) is 16.8. The molecule has 2 aromatic carbocycles. The van der Waals surface area contributed by atoms with Gasteiger partial charge in [-0.15, -0.1) is 0 Å². The molecule has 0 heterocycles. The van der Waals surface area contributed by atoms with Crippen molar-refractivity contribution in [3.63, 3.8) is 0 Å². The molecule has 2 rings (SSSR count). The first-order valence-corrected chi connectivity index (χ1v) is 7.36. The Kier molecular flexibility index (Phi) is 5.36. The molecule has 0 aromatic heterocycles. The van der Waals surface area contributed by atoms with Gasteiger partial charge in [0.25, 0.3) is 5.91 Å². The molecular formula is C18H20N2O3. The van der Waals surface area contributed by atoms with Crippen LogP contribution in [0.4, 0.5) is 5.69 Å². The fourth-order valence-corrected chi connectivity index (χ4v) is 2.03. The third kappa shape index (κ3) is 4.32. The summed E-state index contributed by atoms with van der Waals surface area (Å²) in [6.45, 7) is 4.21. The van der Waals surface area contributed by atoms with E-state index in [9.17, 15) is 9.59 Å². The molecule has 0 radical (unpaired) electrons. The number of nitrogens with one attached hydrogen (secondary N) is 2. The van der Waals surface area contributed by atoms with Crippen LogP contribution in [0, 0.1) is 0 Å². The number of ether oxygens (including phenoxy) is 1. The molecule has 0 aliphatic carbocycles. The summed E-state index contributed by atoms with van der Waals surface area (Å²) < 4.78 is 4.63. The fraction of sp³-hybridized carbons (Fsp3) is 0.222. The van der Waals surface area contributed by atoms with Gasteiger partial charge < -0.3 is 4.74 Å². The first-order chi connectivity index (χ1) is 11.0. The highest BCUT2D eigenvalue weighted by Crippen LogP contribution is 2.15. The van der Waals surface area contributed by atoms with Crippen molar-refractivity contribution < 1.29 is 14.3 Å². The fourth-order valence-electron chi connectivity index (χ4n) is 2.03. The molecular weight excluding hydrogens is 292 g/mol. The van der Waals surface area contributed by atoms with Crippen molar-refractivity contribution in [1.29, 1.82) is 0 Å². The van der Waals surface area contributed by atoms with E-state index in [1.807, 2.05) is 12.1 Å². The normalized spacial score (nSPS) is 10.3. The molecule has 0 atom stereocenters. The second-order valence-electron chi connectivity index (χ2n) is 5.42. The van der Waals surface area contributed by atoms with Gasteiger partial charge in [-0.3, -0.25) is 15.6 Å². The summed E-state index contributed by atoms with van der Waals surface area (Å²) in [5, 5.41) is 0. The molecule has 2 N–H and O–H groups in total. The predicted octanol–water partition coefficient (Wildman–Crippen LogP) is 3.35. The highest BCUT2D eigenvalue weighted by molar-refractivity contribution is 5.95. The lowest BCUT2D eigenvalue weighted by Gasteiger charge is -2.10. The van der Waals surface area contributed by atoms with E-state index in [0.29, 0.717) is 22.7 Å². The van der Waals surface area contributed by atoms with Crippen LogP contribution in [-0.2, 0) is 4.74 Å². The van der Waals surface area contributed by atoms with Crippen LogP contribution < -0.4 is 10.9 Å². The highest BCUT2D eigenvalue weighted by Gasteiger charge is 2.07. The summed E-state index contributed by atoms with van der Waals surface area (Å²) in [5.41, 5.74) is 8.32. The van der Waals surface area contributed by atoms with Gasteiger partial charge in [-0.25, -0.2) is 4.79 Å². The van der Waals surface area contributed by atoms with E-state index in [4.69, 9.17) is 0 Å². The summed E-state index contributed by atoms with van der Waals surface area (Å²) in [4.78, 5) is 23.4. The number of rotatable bonds is 5. The van der Waals surface area contributed by atoms with Crippen molar-refractivity contribution >= 4 is 17.6 Å². The van der Waals surface area contributed by atoms with Gasteiger partial charge in [-0.05, 0) is 47.9 Å². The van der Waals surface area contributed by atoms with E-state index in [1.54, 1.807) is 36.4 Å². The lowest BCUT2D eigenvalue weighted by atomic mass is 10.0. The molecule has 0 fully saturated rings. The van der Waals surface area contributed by atoms with Crippen LogP contribution in [0.5, 0.6) is 0 Å². The summed E-state index contributed by atoms with van der Waals surface area (Å²) >= 11 is 0. The molecule has 5 nitrogen and oxygen atoms in total. The zero-order valence-electron chi connectivity index (χ0n) is 13.4. The van der Waals surface area contributed by atoms with Crippen LogP contribution in [0.2, 0.25) is 0 Å². The Morgan fingerprint density at radius 2 is 1.48 bits per heavy atom. The largest absolute Gasteiger partial charge is 0.465 e. The van der Waals surface area contributed by atoms with Gasteiger partial charge in [0.1, 0.15) is 0 Å². The maximum absolute atomic E-state index is 12.1. The van der Waals surface area contributed by atoms with E-state index in [2.05, 4.69) is 29.4 Å². The number of esters is 1. The lowest BCUT2D eigenvalue weighted by Crippen LogP contribution is -2.29. The smallest absolute Gasteiger partial charge is 0.337 e. The zero-order valence-corrected chi connectivity index (χ0v) is 13.4. The molecule has 0 saturated carbocycles. The number of hydrogen-bond acceptors (Lipinski definition) is 4. The van der Waals surface area contributed by atoms with Gasteiger partial charge >= 0.3 is 5.97 Å². The minimum Gasteiger partial charge on any atom is -0.465 e. The number of carbonyl (C=O) groups is 2. The van der Waals surface area contributed by atoms with Crippen molar-refractivity contribution in [2.45, 2.75) is 19.8 Å². The Morgan fingerprint density at radius 3 is 2.00 bits per heavy atom. The molecule has 0 aliphatic heterocycles. The maximum atomic E-state index is 12.1. The van der Waals surface area contributed by atoms with E-state index in [0.717, 1.165) is 0 Å². The van der Waals surface area contributed by atoms with Gasteiger partial charge in [-0.2, -0.15) is 0 Å². The van der Waals surface area contributed by atoms with Crippen LogP contribution in [0.1, 0.15) is 46.0 Å². The van der Waals surface area contributed by atoms with E-state index < -0.39 is 5.97 Å². The molecule has 1 amide bonds. The molecule has 120 valence electrons. The van der Waals surface area contributed by atoms with Gasteiger partial charge in [0.15, 0.2) is 0 Å². The molecule has 0 saturated heterocycles. The van der Waals surface area contributed by atoms with E-state index in [-0.39, 0.29) is 5.91 Å². The number of anilines is 1. The lowest BCUT2D eigenvalue weighted by molar-refractivity contribution is 0.0600. The topological polar surface area (TPSA) is 67.4 Å². The summed E-state index contributed by atoms with van der Waals surface area (Å²) in [7, 11) is 1.33. The molecule has 2 aromatic rings. The highest BCUT2D eigenvalue weighted by atomic mass is 16.5. The minimum atomic E-state index is -0.397. The van der Waals surface area contributed by atoms with Gasteiger partial charge in [-0.1, -0.05) is 26.0 Å². The van der Waals surface area contributed by atoms with Crippen molar-refractivity contribution in [2.75, 3.05) is 12.5 Å². The van der Waals surface area contributed by atoms with Gasteiger partial charge in [0.2, 0.25) is 0 Å². The molecule has 23 heavy (non-hydrogen) atoms. The SMILES string of the molecule is COC(=O)c1ccc(NNC(=O)c2ccc(C(C)C)cc2)cc1. The van der Waals surface area contributed by atoms with E-state index >= 15 is 0 Å². The van der Waals surface area contributed by atoms with Crippen LogP contribution in [0.25, 0.3) is 0 Å². The number of carbonyl (C=O) groups excluding carboxylic acids is 2. The van der Waals surface area contributed by atoms with Crippen molar-refractivity contribution in [1.82, 2.24) is 5.43 Å². The first-order valence-electron chi connectivity index (χ1n) is 7.36. The number of benzene rings is 2. The van der Waals surface area contributed by atoms with Crippen LogP contribution in [-0.4, -0.2) is 19.0 Å². The summed E-state index contributed by atoms with van der Waals surface area (Å²) in [6, 6.07) is 14.1. The third-order valence-corrected chi connectivity index (χ3v) is 3.47. The molecule has 0 spiro atoms. The third-order valence-electron chi connectivity index (χ3n) is 3.47. The molecule has 5 heteroatoms. The number of hydrogen-bond donors (Lipinski definition) is 2. The predicted molar refractivity (Wildman–Crippen MR) is 89.4 cm³/mol. The Morgan fingerprint density at radius 1 is 0.913 bits per heavy atom. The summed E-state index contributed by atoms with van der Waals surface area (Å²) in [6.07, 6.45) is 0. The monoisotopic (exact) mass is 312 g/mol. The van der Waals surface area contributed by atoms with Crippen LogP contribution in [0.3, 0.4) is 0 Å². The Bertz CT molecular complexity index is 676. The molecule has 0 bridgehead atoms. The number of amides is 1. The van der Waals surface area contributed by atoms with Gasteiger partial charge in [0.05, 0.1) is 18.4 Å². The van der Waals surface area contributed by atoms with E-state index in [1.165, 1.54) is 12.7 Å². The summed E-state index contributed by atoms with van der Waals surface area (Å²) in [5.74, 6) is -0.193. The minimum absolute atomic E-state index is 0.225. The van der Waals surface area contributed by atoms with Crippen LogP contribution >= 0.6 is 0 Å². The van der Waals surface area contributed by atoms with Crippen molar-refractivity contribution in [3.05, 3.63) is 65.2 Å². The van der Waals surface area contributed by atoms with Crippen LogP contribution in [0.15, 0.2) is 48.5 Å².